The molecule has 1 atom stereocenters. The number of hydrogen-bond donors (Lipinski definition) is 2. The third-order valence-electron chi connectivity index (χ3n) is 5.31. The molecule has 144 valence electrons. The van der Waals surface area contributed by atoms with E-state index in [1.165, 1.54) is 11.1 Å². The van der Waals surface area contributed by atoms with E-state index in [-0.39, 0.29) is 10.8 Å². The molecule has 0 saturated heterocycles. The fourth-order valence-corrected chi connectivity index (χ4v) is 2.89. The SMILES string of the molecule is CCC(C)(C)c1ccc(OCCCCNS(=O)O)c(C(C)(C)CC)c1. The summed E-state index contributed by atoms with van der Waals surface area (Å²) in [6, 6.07) is 6.61. The Morgan fingerprint density at radius 3 is 2.28 bits per heavy atom. The van der Waals surface area contributed by atoms with E-state index in [2.05, 4.69) is 64.5 Å². The highest BCUT2D eigenvalue weighted by molar-refractivity contribution is 7.77. The third-order valence-corrected chi connectivity index (χ3v) is 5.76. The van der Waals surface area contributed by atoms with Crippen LogP contribution in [0.3, 0.4) is 0 Å². The summed E-state index contributed by atoms with van der Waals surface area (Å²) in [4.78, 5) is 0. The van der Waals surface area contributed by atoms with E-state index < -0.39 is 11.3 Å². The summed E-state index contributed by atoms with van der Waals surface area (Å²) in [6.07, 6.45) is 3.79. The number of rotatable bonds is 11. The minimum absolute atomic E-state index is 0.0600. The number of unbranched alkanes of at least 4 members (excludes halogenated alkanes) is 1. The van der Waals surface area contributed by atoms with Crippen LogP contribution in [0.2, 0.25) is 0 Å². The van der Waals surface area contributed by atoms with Crippen LogP contribution in [0.25, 0.3) is 0 Å². The van der Waals surface area contributed by atoms with Gasteiger partial charge in [-0.05, 0) is 48.1 Å². The molecule has 0 aliphatic heterocycles. The Labute approximate surface area is 156 Å². The topological polar surface area (TPSA) is 58.6 Å². The Hall–Kier alpha value is -0.910. The summed E-state index contributed by atoms with van der Waals surface area (Å²) >= 11 is -1.93. The molecular formula is C20H35NO3S. The molecule has 1 rings (SSSR count). The lowest BCUT2D eigenvalue weighted by Crippen LogP contribution is -2.21. The quantitative estimate of drug-likeness (QED) is 0.429. The number of hydrogen-bond acceptors (Lipinski definition) is 2. The normalized spacial score (nSPS) is 13.7. The van der Waals surface area contributed by atoms with Gasteiger partial charge in [0.1, 0.15) is 5.75 Å². The van der Waals surface area contributed by atoms with Crippen LogP contribution in [0.15, 0.2) is 18.2 Å². The fraction of sp³-hybridized carbons (Fsp3) is 0.700. The van der Waals surface area contributed by atoms with Crippen LogP contribution in [-0.2, 0) is 22.1 Å². The van der Waals surface area contributed by atoms with Gasteiger partial charge in [-0.1, -0.05) is 53.7 Å². The maximum absolute atomic E-state index is 10.5. The summed E-state index contributed by atoms with van der Waals surface area (Å²) in [5.41, 5.74) is 2.84. The van der Waals surface area contributed by atoms with Gasteiger partial charge in [0.25, 0.3) is 0 Å². The van der Waals surface area contributed by atoms with E-state index in [0.29, 0.717) is 13.2 Å². The molecule has 0 saturated carbocycles. The fourth-order valence-electron chi connectivity index (χ4n) is 2.57. The first kappa shape index (κ1) is 22.1. The number of ether oxygens (including phenoxy) is 1. The maximum Gasteiger partial charge on any atom is 0.231 e. The van der Waals surface area contributed by atoms with Crippen molar-refractivity contribution in [3.63, 3.8) is 0 Å². The van der Waals surface area contributed by atoms with Crippen LogP contribution in [-0.4, -0.2) is 21.9 Å². The summed E-state index contributed by atoms with van der Waals surface area (Å²) in [5, 5.41) is 0. The maximum atomic E-state index is 10.5. The second-order valence-corrected chi connectivity index (χ2v) is 8.67. The van der Waals surface area contributed by atoms with Crippen molar-refractivity contribution in [3.05, 3.63) is 29.3 Å². The third kappa shape index (κ3) is 6.72. The predicted molar refractivity (Wildman–Crippen MR) is 107 cm³/mol. The molecule has 1 unspecified atom stereocenters. The van der Waals surface area contributed by atoms with Crippen LogP contribution in [0, 0.1) is 0 Å². The molecule has 0 aromatic heterocycles. The standard InChI is InChI=1S/C20H35NO3S/c1-7-19(3,4)16-11-12-18(17(15-16)20(5,6)8-2)24-14-10-9-13-21-25(22)23/h11-12,15,21H,7-10,13-14H2,1-6H3,(H,22,23). The first-order chi connectivity index (χ1) is 11.6. The molecule has 0 fully saturated rings. The Morgan fingerprint density at radius 2 is 1.72 bits per heavy atom. The number of nitrogens with one attached hydrogen (secondary N) is 1. The van der Waals surface area contributed by atoms with E-state index in [0.717, 1.165) is 31.4 Å². The van der Waals surface area contributed by atoms with Crippen LogP contribution in [0.1, 0.15) is 78.4 Å². The van der Waals surface area contributed by atoms with Crippen LogP contribution in [0.5, 0.6) is 5.75 Å². The molecule has 0 aliphatic carbocycles. The van der Waals surface area contributed by atoms with Gasteiger partial charge < -0.3 is 4.74 Å². The lowest BCUT2D eigenvalue weighted by molar-refractivity contribution is 0.296. The smallest absolute Gasteiger partial charge is 0.231 e. The minimum atomic E-state index is -1.93. The molecule has 2 N–H and O–H groups in total. The van der Waals surface area contributed by atoms with Crippen molar-refractivity contribution in [2.75, 3.05) is 13.2 Å². The van der Waals surface area contributed by atoms with Crippen molar-refractivity contribution in [2.24, 2.45) is 0 Å². The van der Waals surface area contributed by atoms with Crippen LogP contribution < -0.4 is 9.46 Å². The Kier molecular flexibility index (Phi) is 8.58. The van der Waals surface area contributed by atoms with Gasteiger partial charge in [-0.3, -0.25) is 4.55 Å². The molecular weight excluding hydrogens is 334 g/mol. The molecule has 5 heteroatoms. The van der Waals surface area contributed by atoms with Crippen molar-refractivity contribution >= 4 is 11.3 Å². The molecule has 1 aromatic rings. The van der Waals surface area contributed by atoms with Crippen molar-refractivity contribution < 1.29 is 13.5 Å². The monoisotopic (exact) mass is 369 g/mol. The molecule has 1 aromatic carbocycles. The summed E-state index contributed by atoms with van der Waals surface area (Å²) in [7, 11) is 0. The van der Waals surface area contributed by atoms with E-state index >= 15 is 0 Å². The van der Waals surface area contributed by atoms with Gasteiger partial charge in [0.15, 0.2) is 0 Å². The number of benzene rings is 1. The lowest BCUT2D eigenvalue weighted by atomic mass is 9.76. The van der Waals surface area contributed by atoms with Crippen LogP contribution >= 0.6 is 0 Å². The van der Waals surface area contributed by atoms with Gasteiger partial charge in [0, 0.05) is 12.1 Å². The highest BCUT2D eigenvalue weighted by atomic mass is 32.2. The molecule has 0 radical (unpaired) electrons. The van der Waals surface area contributed by atoms with Crippen molar-refractivity contribution in [2.45, 2.75) is 78.1 Å². The van der Waals surface area contributed by atoms with Gasteiger partial charge in [-0.25, -0.2) is 8.93 Å². The van der Waals surface area contributed by atoms with E-state index in [9.17, 15) is 4.21 Å². The van der Waals surface area contributed by atoms with E-state index in [4.69, 9.17) is 9.29 Å². The average molecular weight is 370 g/mol. The van der Waals surface area contributed by atoms with Gasteiger partial charge in [0.2, 0.25) is 11.3 Å². The molecule has 0 amide bonds. The summed E-state index contributed by atoms with van der Waals surface area (Å²) < 4.78 is 27.8. The zero-order chi connectivity index (χ0) is 19.1. The highest BCUT2D eigenvalue weighted by Gasteiger charge is 2.26. The minimum Gasteiger partial charge on any atom is -0.493 e. The lowest BCUT2D eigenvalue weighted by Gasteiger charge is -2.30. The Balaban J connectivity index is 2.86. The largest absolute Gasteiger partial charge is 0.493 e. The predicted octanol–water partition coefficient (Wildman–Crippen LogP) is 4.95. The van der Waals surface area contributed by atoms with Gasteiger partial charge >= 0.3 is 0 Å². The van der Waals surface area contributed by atoms with Gasteiger partial charge in [-0.15, -0.1) is 0 Å². The summed E-state index contributed by atoms with van der Waals surface area (Å²) in [6.45, 7) is 14.7. The highest BCUT2D eigenvalue weighted by Crippen LogP contribution is 2.38. The molecule has 4 nitrogen and oxygen atoms in total. The van der Waals surface area contributed by atoms with Gasteiger partial charge in [0.05, 0.1) is 6.61 Å². The second kappa shape index (κ2) is 9.70. The first-order valence-corrected chi connectivity index (χ1v) is 10.4. The first-order valence-electron chi connectivity index (χ1n) is 9.26. The van der Waals surface area contributed by atoms with Crippen molar-refractivity contribution in [3.8, 4) is 5.75 Å². The zero-order valence-corrected chi connectivity index (χ0v) is 17.5. The molecule has 25 heavy (non-hydrogen) atoms. The molecule has 0 bridgehead atoms. The molecule has 0 spiro atoms. The average Bonchev–Trinajstić information content (AvgIpc) is 2.57. The molecule has 0 heterocycles. The van der Waals surface area contributed by atoms with Crippen LogP contribution in [0.4, 0.5) is 0 Å². The van der Waals surface area contributed by atoms with Gasteiger partial charge in [-0.2, -0.15) is 0 Å². The summed E-state index contributed by atoms with van der Waals surface area (Å²) in [5.74, 6) is 0.959. The molecule has 0 aliphatic rings. The zero-order valence-electron chi connectivity index (χ0n) is 16.6. The Morgan fingerprint density at radius 1 is 1.08 bits per heavy atom. The second-order valence-electron chi connectivity index (χ2n) is 7.88. The van der Waals surface area contributed by atoms with E-state index in [1.807, 2.05) is 0 Å². The van der Waals surface area contributed by atoms with Crippen molar-refractivity contribution in [1.29, 1.82) is 0 Å². The van der Waals surface area contributed by atoms with Crippen molar-refractivity contribution in [1.82, 2.24) is 4.72 Å². The van der Waals surface area contributed by atoms with E-state index in [1.54, 1.807) is 0 Å². The Bertz CT molecular complexity index is 570.